The van der Waals surface area contributed by atoms with Crippen LogP contribution < -0.4 is 15.6 Å². The lowest BCUT2D eigenvalue weighted by Crippen LogP contribution is -2.33. The SMILES string of the molecule is CCOc1ccc(CC2=C(C)NNC2C=O)c(F)c1. The van der Waals surface area contributed by atoms with E-state index in [1.807, 2.05) is 13.8 Å². The van der Waals surface area contributed by atoms with Crippen LogP contribution in [0.1, 0.15) is 19.4 Å². The second kappa shape index (κ2) is 5.84. The van der Waals surface area contributed by atoms with Crippen LogP contribution in [0.15, 0.2) is 29.5 Å². The van der Waals surface area contributed by atoms with E-state index >= 15 is 0 Å². The van der Waals surface area contributed by atoms with Crippen molar-refractivity contribution in [2.75, 3.05) is 6.61 Å². The fourth-order valence-corrected chi connectivity index (χ4v) is 2.08. The molecule has 0 aliphatic carbocycles. The van der Waals surface area contributed by atoms with E-state index < -0.39 is 6.04 Å². The van der Waals surface area contributed by atoms with Crippen molar-refractivity contribution in [3.8, 4) is 5.75 Å². The summed E-state index contributed by atoms with van der Waals surface area (Å²) in [5.41, 5.74) is 8.01. The van der Waals surface area contributed by atoms with E-state index in [2.05, 4.69) is 10.9 Å². The first kappa shape index (κ1) is 13.5. The van der Waals surface area contributed by atoms with Crippen LogP contribution >= 0.6 is 0 Å². The summed E-state index contributed by atoms with van der Waals surface area (Å²) in [5, 5.41) is 0. The van der Waals surface area contributed by atoms with Gasteiger partial charge in [-0.25, -0.2) is 9.82 Å². The molecule has 1 heterocycles. The molecular weight excluding hydrogens is 247 g/mol. The number of benzene rings is 1. The van der Waals surface area contributed by atoms with Crippen molar-refractivity contribution in [1.82, 2.24) is 10.9 Å². The third-order valence-electron chi connectivity index (χ3n) is 3.12. The summed E-state index contributed by atoms with van der Waals surface area (Å²) in [4.78, 5) is 10.9. The molecule has 1 aromatic rings. The molecule has 0 aromatic heterocycles. The third kappa shape index (κ3) is 2.93. The van der Waals surface area contributed by atoms with Gasteiger partial charge in [-0.1, -0.05) is 6.07 Å². The molecule has 19 heavy (non-hydrogen) atoms. The van der Waals surface area contributed by atoms with Crippen molar-refractivity contribution in [3.05, 3.63) is 40.8 Å². The van der Waals surface area contributed by atoms with E-state index in [9.17, 15) is 9.18 Å². The normalized spacial score (nSPS) is 18.4. The largest absolute Gasteiger partial charge is 0.494 e. The first-order valence-electron chi connectivity index (χ1n) is 6.23. The molecule has 2 N–H and O–H groups in total. The maximum atomic E-state index is 14.0. The monoisotopic (exact) mass is 264 g/mol. The first-order valence-corrected chi connectivity index (χ1v) is 6.23. The van der Waals surface area contributed by atoms with Crippen molar-refractivity contribution in [3.63, 3.8) is 0 Å². The zero-order valence-corrected chi connectivity index (χ0v) is 11.0. The molecule has 0 fully saturated rings. The van der Waals surface area contributed by atoms with Gasteiger partial charge in [-0.15, -0.1) is 0 Å². The lowest BCUT2D eigenvalue weighted by Gasteiger charge is -2.10. The predicted octanol–water partition coefficient (Wildman–Crippen LogP) is 1.72. The van der Waals surface area contributed by atoms with Crippen molar-refractivity contribution >= 4 is 6.29 Å². The molecule has 1 aliphatic rings. The zero-order valence-electron chi connectivity index (χ0n) is 11.0. The minimum absolute atomic E-state index is 0.317. The minimum Gasteiger partial charge on any atom is -0.494 e. The molecule has 2 rings (SSSR count). The van der Waals surface area contributed by atoms with Crippen molar-refractivity contribution < 1.29 is 13.9 Å². The Morgan fingerprint density at radius 3 is 2.89 bits per heavy atom. The number of ether oxygens (including phenoxy) is 1. The first-order chi connectivity index (χ1) is 9.15. The Morgan fingerprint density at radius 1 is 1.47 bits per heavy atom. The number of aldehydes is 1. The van der Waals surface area contributed by atoms with Crippen LogP contribution in [-0.2, 0) is 11.2 Å². The van der Waals surface area contributed by atoms with Crippen molar-refractivity contribution in [2.45, 2.75) is 26.3 Å². The number of rotatable bonds is 5. The van der Waals surface area contributed by atoms with Gasteiger partial charge in [-0.2, -0.15) is 0 Å². The third-order valence-corrected chi connectivity index (χ3v) is 3.12. The summed E-state index contributed by atoms with van der Waals surface area (Å²) in [5.74, 6) is 0.201. The molecule has 0 saturated heterocycles. The molecular formula is C14H17FN2O2. The van der Waals surface area contributed by atoms with Crippen LogP contribution in [0.5, 0.6) is 5.75 Å². The van der Waals surface area contributed by atoms with Crippen LogP contribution in [-0.4, -0.2) is 18.9 Å². The maximum absolute atomic E-state index is 14.0. The van der Waals surface area contributed by atoms with E-state index in [-0.39, 0.29) is 5.82 Å². The second-order valence-electron chi connectivity index (χ2n) is 4.40. The van der Waals surface area contributed by atoms with E-state index in [4.69, 9.17) is 4.74 Å². The number of carbonyl (C=O) groups excluding carboxylic acids is 1. The molecule has 0 radical (unpaired) electrons. The summed E-state index contributed by atoms with van der Waals surface area (Å²) in [6.45, 7) is 4.22. The van der Waals surface area contributed by atoms with E-state index in [0.29, 0.717) is 24.3 Å². The standard InChI is InChI=1S/C14H17FN2O2/c1-3-19-11-5-4-10(13(15)7-11)6-12-9(2)16-17-14(12)8-18/h4-5,7-8,14,16-17H,3,6H2,1-2H3. The molecule has 0 bridgehead atoms. The van der Waals surface area contributed by atoms with Gasteiger partial charge in [0.25, 0.3) is 0 Å². The number of halogens is 1. The molecule has 0 spiro atoms. The zero-order chi connectivity index (χ0) is 13.8. The number of hydrazine groups is 1. The Labute approximate surface area is 111 Å². The molecule has 1 atom stereocenters. The summed E-state index contributed by atoms with van der Waals surface area (Å²) in [6.07, 6.45) is 1.21. The van der Waals surface area contributed by atoms with Crippen molar-refractivity contribution in [2.24, 2.45) is 0 Å². The summed E-state index contributed by atoms with van der Waals surface area (Å²) in [7, 11) is 0. The minimum atomic E-state index is -0.397. The molecule has 1 unspecified atom stereocenters. The average molecular weight is 264 g/mol. The van der Waals surface area contributed by atoms with E-state index in [1.54, 1.807) is 12.1 Å². The Hall–Kier alpha value is -1.88. The number of carbonyl (C=O) groups is 1. The lowest BCUT2D eigenvalue weighted by atomic mass is 9.99. The Bertz CT molecular complexity index is 514. The highest BCUT2D eigenvalue weighted by Gasteiger charge is 2.23. The van der Waals surface area contributed by atoms with Gasteiger partial charge in [0.2, 0.25) is 0 Å². The molecule has 102 valence electrons. The van der Waals surface area contributed by atoms with Crippen LogP contribution in [0.25, 0.3) is 0 Å². The van der Waals surface area contributed by atoms with Crippen molar-refractivity contribution in [1.29, 1.82) is 0 Å². The van der Waals surface area contributed by atoms with Crippen LogP contribution in [0.2, 0.25) is 0 Å². The van der Waals surface area contributed by atoms with Crippen LogP contribution in [0.4, 0.5) is 4.39 Å². The lowest BCUT2D eigenvalue weighted by molar-refractivity contribution is -0.108. The van der Waals surface area contributed by atoms with Gasteiger partial charge < -0.3 is 15.0 Å². The van der Waals surface area contributed by atoms with Gasteiger partial charge in [0.05, 0.1) is 6.61 Å². The number of hydrogen-bond acceptors (Lipinski definition) is 4. The van der Waals surface area contributed by atoms with Crippen LogP contribution in [0.3, 0.4) is 0 Å². The Balaban J connectivity index is 2.19. The molecule has 4 nitrogen and oxygen atoms in total. The predicted molar refractivity (Wildman–Crippen MR) is 70.1 cm³/mol. The van der Waals surface area contributed by atoms with Gasteiger partial charge in [0, 0.05) is 18.2 Å². The topological polar surface area (TPSA) is 50.4 Å². The molecule has 0 saturated carbocycles. The van der Waals surface area contributed by atoms with Gasteiger partial charge in [-0.3, -0.25) is 0 Å². The fraction of sp³-hybridized carbons (Fsp3) is 0.357. The van der Waals surface area contributed by atoms with Gasteiger partial charge in [-0.05, 0) is 31.1 Å². The Kier molecular flexibility index (Phi) is 4.16. The van der Waals surface area contributed by atoms with Gasteiger partial charge >= 0.3 is 0 Å². The molecule has 0 amide bonds. The maximum Gasteiger partial charge on any atom is 0.142 e. The second-order valence-corrected chi connectivity index (χ2v) is 4.40. The highest BCUT2D eigenvalue weighted by Crippen LogP contribution is 2.22. The molecule has 1 aliphatic heterocycles. The molecule has 5 heteroatoms. The number of hydrogen-bond donors (Lipinski definition) is 2. The average Bonchev–Trinajstić information content (AvgIpc) is 2.74. The van der Waals surface area contributed by atoms with E-state index in [0.717, 1.165) is 17.6 Å². The Morgan fingerprint density at radius 2 is 2.26 bits per heavy atom. The summed E-state index contributed by atoms with van der Waals surface area (Å²) in [6, 6.07) is 4.41. The highest BCUT2D eigenvalue weighted by molar-refractivity contribution is 5.65. The van der Waals surface area contributed by atoms with E-state index in [1.165, 1.54) is 6.07 Å². The molecule has 1 aromatic carbocycles. The smallest absolute Gasteiger partial charge is 0.142 e. The number of allylic oxidation sites excluding steroid dienone is 1. The number of nitrogens with one attached hydrogen (secondary N) is 2. The summed E-state index contributed by atoms with van der Waals surface area (Å²) < 4.78 is 19.2. The van der Waals surface area contributed by atoms with Crippen LogP contribution in [0, 0.1) is 5.82 Å². The fourth-order valence-electron chi connectivity index (χ4n) is 2.08. The highest BCUT2D eigenvalue weighted by atomic mass is 19.1. The summed E-state index contributed by atoms with van der Waals surface area (Å²) >= 11 is 0. The quantitative estimate of drug-likeness (QED) is 0.795. The van der Waals surface area contributed by atoms with Gasteiger partial charge in [0.1, 0.15) is 23.9 Å². The van der Waals surface area contributed by atoms with Gasteiger partial charge in [0.15, 0.2) is 0 Å².